The first kappa shape index (κ1) is 26.5. The summed E-state index contributed by atoms with van der Waals surface area (Å²) >= 11 is 7.37. The minimum absolute atomic E-state index is 0.00464. The molecule has 192 valence electrons. The van der Waals surface area contributed by atoms with E-state index < -0.39 is 11.1 Å². The molecular formula is C27H25ClFN3O4S. The molecule has 1 N–H and O–H groups in total. The number of ether oxygens (including phenoxy) is 2. The van der Waals surface area contributed by atoms with Crippen molar-refractivity contribution in [3.05, 3.63) is 83.1 Å². The molecule has 3 aromatic rings. The number of rotatable bonds is 8. The maximum atomic E-state index is 13.4. The van der Waals surface area contributed by atoms with Crippen LogP contribution in [-0.4, -0.2) is 47.9 Å². The highest BCUT2D eigenvalue weighted by Gasteiger charge is 2.36. The number of carbonyl (C=O) groups is 2. The Kier molecular flexibility index (Phi) is 8.68. The Hall–Kier alpha value is -3.56. The highest BCUT2D eigenvalue weighted by Crippen LogP contribution is 2.32. The van der Waals surface area contributed by atoms with Crippen LogP contribution in [0.15, 0.2) is 71.7 Å². The van der Waals surface area contributed by atoms with Gasteiger partial charge in [0.1, 0.15) is 11.1 Å². The highest BCUT2D eigenvalue weighted by atomic mass is 35.5. The van der Waals surface area contributed by atoms with Crippen LogP contribution in [-0.2, 0) is 16.0 Å². The molecule has 1 aliphatic rings. The van der Waals surface area contributed by atoms with Crippen LogP contribution < -0.4 is 14.8 Å². The highest BCUT2D eigenvalue weighted by molar-refractivity contribution is 8.15. The van der Waals surface area contributed by atoms with Gasteiger partial charge in [0, 0.05) is 13.0 Å². The molecule has 1 saturated heterocycles. The third kappa shape index (κ3) is 6.61. The van der Waals surface area contributed by atoms with Gasteiger partial charge in [0.05, 0.1) is 30.6 Å². The van der Waals surface area contributed by atoms with Gasteiger partial charge in [0.2, 0.25) is 11.8 Å². The number of halogens is 2. The van der Waals surface area contributed by atoms with Crippen molar-refractivity contribution in [2.24, 2.45) is 4.99 Å². The van der Waals surface area contributed by atoms with Crippen molar-refractivity contribution in [1.82, 2.24) is 4.90 Å². The van der Waals surface area contributed by atoms with E-state index in [2.05, 4.69) is 10.3 Å². The quantitative estimate of drug-likeness (QED) is 0.396. The summed E-state index contributed by atoms with van der Waals surface area (Å²) in [6.07, 6.45) is 0.515. The summed E-state index contributed by atoms with van der Waals surface area (Å²) in [6.45, 7) is 0.334. The van der Waals surface area contributed by atoms with E-state index in [1.807, 2.05) is 18.2 Å². The average molecular weight is 542 g/mol. The second-order valence-corrected chi connectivity index (χ2v) is 9.71. The number of para-hydroxylation sites is 1. The molecule has 2 amide bonds. The summed E-state index contributed by atoms with van der Waals surface area (Å²) in [7, 11) is 3.13. The number of nitrogens with one attached hydrogen (secondary N) is 1. The van der Waals surface area contributed by atoms with Crippen molar-refractivity contribution in [1.29, 1.82) is 0 Å². The van der Waals surface area contributed by atoms with Gasteiger partial charge in [0.25, 0.3) is 0 Å². The molecule has 4 rings (SSSR count). The van der Waals surface area contributed by atoms with Gasteiger partial charge in [-0.2, -0.15) is 0 Å². The van der Waals surface area contributed by atoms with Crippen molar-refractivity contribution in [3.63, 3.8) is 0 Å². The van der Waals surface area contributed by atoms with E-state index in [1.54, 1.807) is 43.4 Å². The van der Waals surface area contributed by atoms with Crippen LogP contribution in [0, 0.1) is 5.82 Å². The molecule has 1 aliphatic heterocycles. The van der Waals surface area contributed by atoms with Gasteiger partial charge >= 0.3 is 0 Å². The monoisotopic (exact) mass is 541 g/mol. The average Bonchev–Trinajstić information content (AvgIpc) is 2.90. The smallest absolute Gasteiger partial charge is 0.238 e. The Balaban J connectivity index is 1.56. The molecule has 0 saturated carbocycles. The van der Waals surface area contributed by atoms with Gasteiger partial charge in [-0.25, -0.2) is 9.38 Å². The lowest BCUT2D eigenvalue weighted by Crippen LogP contribution is -2.46. The largest absolute Gasteiger partial charge is 0.493 e. The molecule has 0 aliphatic carbocycles. The van der Waals surface area contributed by atoms with Crippen LogP contribution in [0.25, 0.3) is 0 Å². The molecule has 0 aromatic heterocycles. The van der Waals surface area contributed by atoms with Crippen LogP contribution in [0.3, 0.4) is 0 Å². The molecule has 0 unspecified atom stereocenters. The Bertz CT molecular complexity index is 1320. The van der Waals surface area contributed by atoms with E-state index in [4.69, 9.17) is 21.1 Å². The number of aliphatic imine (C=N–C) groups is 1. The van der Waals surface area contributed by atoms with Gasteiger partial charge in [-0.05, 0) is 60.5 Å². The first-order valence-electron chi connectivity index (χ1n) is 11.5. The summed E-state index contributed by atoms with van der Waals surface area (Å²) in [5.41, 5.74) is 1.88. The van der Waals surface area contributed by atoms with Crippen molar-refractivity contribution >= 4 is 51.7 Å². The second kappa shape index (κ2) is 12.1. The molecule has 7 nitrogen and oxygen atoms in total. The summed E-state index contributed by atoms with van der Waals surface area (Å²) < 4.78 is 24.1. The van der Waals surface area contributed by atoms with Gasteiger partial charge in [-0.3, -0.25) is 14.5 Å². The van der Waals surface area contributed by atoms with Crippen LogP contribution in [0.4, 0.5) is 15.8 Å². The number of benzene rings is 3. The first-order chi connectivity index (χ1) is 17.9. The number of hydrogen-bond donors (Lipinski definition) is 1. The molecule has 1 fully saturated rings. The minimum atomic E-state index is -0.708. The van der Waals surface area contributed by atoms with Gasteiger partial charge in [-0.1, -0.05) is 41.6 Å². The van der Waals surface area contributed by atoms with E-state index >= 15 is 0 Å². The van der Waals surface area contributed by atoms with Crippen LogP contribution >= 0.6 is 23.4 Å². The minimum Gasteiger partial charge on any atom is -0.493 e. The Morgan fingerprint density at radius 1 is 1.11 bits per heavy atom. The number of hydrogen-bond acceptors (Lipinski definition) is 6. The number of amides is 2. The van der Waals surface area contributed by atoms with E-state index in [1.165, 1.54) is 36.0 Å². The van der Waals surface area contributed by atoms with E-state index in [0.717, 1.165) is 5.56 Å². The summed E-state index contributed by atoms with van der Waals surface area (Å²) in [5, 5.41) is 2.85. The van der Waals surface area contributed by atoms with Gasteiger partial charge < -0.3 is 14.8 Å². The Morgan fingerprint density at radius 2 is 1.84 bits per heavy atom. The first-order valence-corrected chi connectivity index (χ1v) is 12.7. The molecule has 3 aromatic carbocycles. The number of anilines is 1. The van der Waals surface area contributed by atoms with Crippen molar-refractivity contribution < 1.29 is 23.5 Å². The fraction of sp³-hybridized carbons (Fsp3) is 0.222. The summed E-state index contributed by atoms with van der Waals surface area (Å²) in [6, 6.07) is 18.1. The molecule has 0 radical (unpaired) electrons. The van der Waals surface area contributed by atoms with E-state index in [9.17, 15) is 14.0 Å². The summed E-state index contributed by atoms with van der Waals surface area (Å²) in [4.78, 5) is 32.4. The van der Waals surface area contributed by atoms with Crippen LogP contribution in [0.2, 0.25) is 5.02 Å². The van der Waals surface area contributed by atoms with E-state index in [0.29, 0.717) is 46.0 Å². The molecule has 0 bridgehead atoms. The lowest BCUT2D eigenvalue weighted by molar-refractivity contribution is -0.129. The zero-order valence-electron chi connectivity index (χ0n) is 20.2. The predicted molar refractivity (Wildman–Crippen MR) is 145 cm³/mol. The van der Waals surface area contributed by atoms with Crippen molar-refractivity contribution in [3.8, 4) is 11.5 Å². The lowest BCUT2D eigenvalue weighted by atomic mass is 10.1. The number of thioether (sulfide) groups is 1. The van der Waals surface area contributed by atoms with Crippen molar-refractivity contribution in [2.75, 3.05) is 26.1 Å². The summed E-state index contributed by atoms with van der Waals surface area (Å²) in [5.74, 6) is 0.230. The molecule has 10 heteroatoms. The van der Waals surface area contributed by atoms with Gasteiger partial charge in [0.15, 0.2) is 16.7 Å². The SMILES string of the molecule is COc1ccc(CCN2C(=O)C[C@@H](C(=O)Nc3ccccc3Cl)SC2=Nc2ccc(F)cc2)cc1OC. The van der Waals surface area contributed by atoms with Crippen molar-refractivity contribution in [2.45, 2.75) is 18.1 Å². The standard InChI is InChI=1S/C27H25ClFN3O4S/c1-35-22-12-7-17(15-23(22)36-2)13-14-32-25(33)16-24(26(34)31-21-6-4-3-5-20(21)28)37-27(32)30-19-10-8-18(29)9-11-19/h3-12,15,24H,13-14,16H2,1-2H3,(H,31,34)/t24-/m0/s1. The molecule has 1 atom stereocenters. The second-order valence-electron chi connectivity index (χ2n) is 8.14. The maximum absolute atomic E-state index is 13.4. The Morgan fingerprint density at radius 3 is 2.54 bits per heavy atom. The fourth-order valence-electron chi connectivity index (χ4n) is 3.74. The van der Waals surface area contributed by atoms with Gasteiger partial charge in [-0.15, -0.1) is 0 Å². The molecule has 1 heterocycles. The molecule has 0 spiro atoms. The van der Waals surface area contributed by atoms with E-state index in [-0.39, 0.29) is 18.2 Å². The predicted octanol–water partition coefficient (Wildman–Crippen LogP) is 5.70. The zero-order chi connectivity index (χ0) is 26.4. The van der Waals surface area contributed by atoms with Crippen LogP contribution in [0.1, 0.15) is 12.0 Å². The number of methoxy groups -OCH3 is 2. The lowest BCUT2D eigenvalue weighted by Gasteiger charge is -2.32. The normalized spacial score (nSPS) is 16.5. The van der Waals surface area contributed by atoms with Crippen LogP contribution in [0.5, 0.6) is 11.5 Å². The molecular weight excluding hydrogens is 517 g/mol. The number of amidine groups is 1. The third-order valence-corrected chi connectivity index (χ3v) is 7.20. The third-order valence-electron chi connectivity index (χ3n) is 5.69. The topological polar surface area (TPSA) is 80.2 Å². The zero-order valence-corrected chi connectivity index (χ0v) is 21.8. The molecule has 37 heavy (non-hydrogen) atoms. The Labute approximate surface area is 223 Å². The number of nitrogens with zero attached hydrogens (tertiary/aromatic N) is 2. The fourth-order valence-corrected chi connectivity index (χ4v) is 5.05. The number of carbonyl (C=O) groups excluding carboxylic acids is 2. The maximum Gasteiger partial charge on any atom is 0.238 e.